The summed E-state index contributed by atoms with van der Waals surface area (Å²) < 4.78 is 0. The monoisotopic (exact) mass is 291 g/mol. The van der Waals surface area contributed by atoms with Gasteiger partial charge in [-0.2, -0.15) is 0 Å². The van der Waals surface area contributed by atoms with Gasteiger partial charge >= 0.3 is 0 Å². The molecule has 0 amide bonds. The molecule has 1 aliphatic heterocycles. The molecule has 0 saturated heterocycles. The topological polar surface area (TPSA) is 20.3 Å². The molecule has 0 saturated carbocycles. The largest absolute Gasteiger partial charge is 0.370 e. The predicted molar refractivity (Wildman–Crippen MR) is 89.8 cm³/mol. The van der Waals surface area contributed by atoms with Crippen molar-refractivity contribution in [2.45, 2.75) is 26.8 Å². The molecule has 0 aromatic heterocycles. The van der Waals surface area contributed by atoms with E-state index in [1.807, 2.05) is 38.1 Å². The SMILES string of the molecule is CC(=CC(=O)c1ccc(C)cc1)N1CCc2ccccc2C1. The third-order valence-corrected chi connectivity index (χ3v) is 4.31. The van der Waals surface area contributed by atoms with E-state index in [2.05, 4.69) is 29.2 Å². The molecule has 112 valence electrons. The number of fused-ring (bicyclic) bond motifs is 1. The first kappa shape index (κ1) is 14.6. The highest BCUT2D eigenvalue weighted by Crippen LogP contribution is 2.21. The lowest BCUT2D eigenvalue weighted by Gasteiger charge is -2.31. The Bertz CT molecular complexity index is 713. The van der Waals surface area contributed by atoms with E-state index in [-0.39, 0.29) is 5.78 Å². The minimum absolute atomic E-state index is 0.0800. The van der Waals surface area contributed by atoms with Crippen molar-refractivity contribution in [3.63, 3.8) is 0 Å². The summed E-state index contributed by atoms with van der Waals surface area (Å²) in [6, 6.07) is 16.3. The molecule has 1 aliphatic rings. The molecule has 0 atom stereocenters. The minimum Gasteiger partial charge on any atom is -0.370 e. The maximum atomic E-state index is 12.4. The van der Waals surface area contributed by atoms with E-state index in [4.69, 9.17) is 0 Å². The number of allylic oxidation sites excluding steroid dienone is 2. The molecule has 0 radical (unpaired) electrons. The van der Waals surface area contributed by atoms with Gasteiger partial charge in [-0.05, 0) is 31.4 Å². The van der Waals surface area contributed by atoms with Crippen LogP contribution in [0.3, 0.4) is 0 Å². The third-order valence-electron chi connectivity index (χ3n) is 4.31. The Hall–Kier alpha value is -2.35. The number of hydrogen-bond donors (Lipinski definition) is 0. The van der Waals surface area contributed by atoms with Crippen LogP contribution in [0.2, 0.25) is 0 Å². The van der Waals surface area contributed by atoms with E-state index in [1.165, 1.54) is 16.7 Å². The summed E-state index contributed by atoms with van der Waals surface area (Å²) in [5.41, 5.74) is 5.76. The Balaban J connectivity index is 1.75. The normalized spacial score (nSPS) is 14.6. The van der Waals surface area contributed by atoms with Crippen molar-refractivity contribution in [3.05, 3.63) is 82.6 Å². The van der Waals surface area contributed by atoms with Gasteiger partial charge in [-0.15, -0.1) is 0 Å². The summed E-state index contributed by atoms with van der Waals surface area (Å²) in [6.45, 7) is 5.92. The van der Waals surface area contributed by atoms with Gasteiger partial charge in [-0.3, -0.25) is 4.79 Å². The highest BCUT2D eigenvalue weighted by Gasteiger charge is 2.16. The lowest BCUT2D eigenvalue weighted by molar-refractivity contribution is 0.104. The Kier molecular flexibility index (Phi) is 4.10. The zero-order valence-corrected chi connectivity index (χ0v) is 13.2. The summed E-state index contributed by atoms with van der Waals surface area (Å²) in [4.78, 5) is 14.6. The van der Waals surface area contributed by atoms with Crippen LogP contribution >= 0.6 is 0 Å². The van der Waals surface area contributed by atoms with Crippen LogP contribution in [0.1, 0.15) is 34.0 Å². The lowest BCUT2D eigenvalue weighted by Crippen LogP contribution is -2.29. The van der Waals surface area contributed by atoms with Gasteiger partial charge in [-0.25, -0.2) is 0 Å². The molecule has 0 fully saturated rings. The number of hydrogen-bond acceptors (Lipinski definition) is 2. The van der Waals surface area contributed by atoms with Gasteiger partial charge in [0.15, 0.2) is 5.78 Å². The van der Waals surface area contributed by atoms with Crippen LogP contribution in [0.5, 0.6) is 0 Å². The third kappa shape index (κ3) is 3.11. The predicted octanol–water partition coefficient (Wildman–Crippen LogP) is 4.14. The van der Waals surface area contributed by atoms with Crippen LogP contribution in [0.4, 0.5) is 0 Å². The Morgan fingerprint density at radius 2 is 1.73 bits per heavy atom. The first-order chi connectivity index (χ1) is 10.6. The van der Waals surface area contributed by atoms with Crippen molar-refractivity contribution in [3.8, 4) is 0 Å². The maximum Gasteiger partial charge on any atom is 0.187 e. The van der Waals surface area contributed by atoms with E-state index in [9.17, 15) is 4.79 Å². The molecule has 0 spiro atoms. The van der Waals surface area contributed by atoms with Crippen molar-refractivity contribution in [2.75, 3.05) is 6.54 Å². The molecule has 2 aromatic rings. The van der Waals surface area contributed by atoms with Crippen molar-refractivity contribution in [1.29, 1.82) is 0 Å². The van der Waals surface area contributed by atoms with E-state index < -0.39 is 0 Å². The molecule has 2 nitrogen and oxygen atoms in total. The van der Waals surface area contributed by atoms with E-state index in [0.29, 0.717) is 0 Å². The quantitative estimate of drug-likeness (QED) is 0.626. The molecule has 0 N–H and O–H groups in total. The van der Waals surface area contributed by atoms with E-state index in [1.54, 1.807) is 6.08 Å². The number of aryl methyl sites for hydroxylation is 1. The van der Waals surface area contributed by atoms with Crippen molar-refractivity contribution < 1.29 is 4.79 Å². The minimum atomic E-state index is 0.0800. The van der Waals surface area contributed by atoms with Crippen LogP contribution < -0.4 is 0 Å². The molecule has 0 unspecified atom stereocenters. The second kappa shape index (κ2) is 6.18. The number of nitrogens with zero attached hydrogens (tertiary/aromatic N) is 1. The first-order valence-electron chi connectivity index (χ1n) is 7.74. The molecule has 2 aromatic carbocycles. The molecular weight excluding hydrogens is 270 g/mol. The Labute approximate surface area is 132 Å². The van der Waals surface area contributed by atoms with Crippen LogP contribution in [-0.4, -0.2) is 17.2 Å². The summed E-state index contributed by atoms with van der Waals surface area (Å²) in [6.07, 6.45) is 2.80. The molecule has 0 bridgehead atoms. The second-order valence-electron chi connectivity index (χ2n) is 5.96. The Morgan fingerprint density at radius 1 is 1.05 bits per heavy atom. The fourth-order valence-corrected chi connectivity index (χ4v) is 2.88. The number of benzene rings is 2. The van der Waals surface area contributed by atoms with E-state index in [0.717, 1.165) is 30.8 Å². The molecular formula is C20H21NO. The van der Waals surface area contributed by atoms with Gasteiger partial charge in [0, 0.05) is 30.4 Å². The van der Waals surface area contributed by atoms with Crippen LogP contribution in [0.15, 0.2) is 60.3 Å². The average molecular weight is 291 g/mol. The summed E-state index contributed by atoms with van der Waals surface area (Å²) in [5.74, 6) is 0.0800. The molecule has 0 aliphatic carbocycles. The fraction of sp³-hybridized carbons (Fsp3) is 0.250. The molecule has 2 heteroatoms. The highest BCUT2D eigenvalue weighted by molar-refractivity contribution is 6.04. The van der Waals surface area contributed by atoms with Gasteiger partial charge < -0.3 is 4.90 Å². The Morgan fingerprint density at radius 3 is 2.45 bits per heavy atom. The van der Waals surface area contributed by atoms with Gasteiger partial charge in [0.25, 0.3) is 0 Å². The van der Waals surface area contributed by atoms with Crippen molar-refractivity contribution in [1.82, 2.24) is 4.90 Å². The second-order valence-corrected chi connectivity index (χ2v) is 5.96. The molecule has 3 rings (SSSR count). The molecule has 1 heterocycles. The van der Waals surface area contributed by atoms with Crippen LogP contribution in [0.25, 0.3) is 0 Å². The zero-order chi connectivity index (χ0) is 15.5. The summed E-state index contributed by atoms with van der Waals surface area (Å²) >= 11 is 0. The summed E-state index contributed by atoms with van der Waals surface area (Å²) in [7, 11) is 0. The number of carbonyl (C=O) groups is 1. The smallest absolute Gasteiger partial charge is 0.187 e. The van der Waals surface area contributed by atoms with Gasteiger partial charge in [0.05, 0.1) is 0 Å². The van der Waals surface area contributed by atoms with Crippen LogP contribution in [0, 0.1) is 6.92 Å². The number of ketones is 1. The lowest BCUT2D eigenvalue weighted by atomic mass is 9.99. The number of carbonyl (C=O) groups excluding carboxylic acids is 1. The van der Waals surface area contributed by atoms with Gasteiger partial charge in [0.2, 0.25) is 0 Å². The van der Waals surface area contributed by atoms with E-state index >= 15 is 0 Å². The van der Waals surface area contributed by atoms with Gasteiger partial charge in [0.1, 0.15) is 0 Å². The molecule has 22 heavy (non-hydrogen) atoms. The first-order valence-corrected chi connectivity index (χ1v) is 7.74. The highest BCUT2D eigenvalue weighted by atomic mass is 16.1. The fourth-order valence-electron chi connectivity index (χ4n) is 2.88. The maximum absolute atomic E-state index is 12.4. The standard InChI is InChI=1S/C20H21NO/c1-15-7-9-18(10-8-15)20(22)13-16(2)21-12-11-17-5-3-4-6-19(17)14-21/h3-10,13H,11-12,14H2,1-2H3. The number of rotatable bonds is 3. The average Bonchev–Trinajstić information content (AvgIpc) is 2.55. The zero-order valence-electron chi connectivity index (χ0n) is 13.2. The van der Waals surface area contributed by atoms with Crippen molar-refractivity contribution in [2.24, 2.45) is 0 Å². The van der Waals surface area contributed by atoms with Crippen molar-refractivity contribution >= 4 is 5.78 Å². The summed E-state index contributed by atoms with van der Waals surface area (Å²) in [5, 5.41) is 0. The van der Waals surface area contributed by atoms with Gasteiger partial charge in [-0.1, -0.05) is 54.1 Å². The van der Waals surface area contributed by atoms with Crippen LogP contribution in [-0.2, 0) is 13.0 Å².